The Labute approximate surface area is 302 Å². The van der Waals surface area contributed by atoms with Crippen molar-refractivity contribution >= 4 is 73.3 Å². The van der Waals surface area contributed by atoms with Crippen LogP contribution in [0.15, 0.2) is 71.0 Å². The van der Waals surface area contributed by atoms with Crippen molar-refractivity contribution in [2.45, 2.75) is 56.8 Å². The summed E-state index contributed by atoms with van der Waals surface area (Å²) >= 11 is 8.78. The predicted molar refractivity (Wildman–Crippen MR) is 198 cm³/mol. The standard InChI is InChI=1S/C34H41ClN8O5S2/c35-22-10-6-20(7-11-22)19-48-23-12-8-21(9-13-23)29(30(37)44)43-32(46)24(4-1-2-15-36)41-31(45)25(5-3-16-40-34(38)39)42-33(47)28-18-27-26(50-28)14-17-49-27/h6-14,17-18,24-25,29H,1-5,15-16,19,36H2,(H2,37,44)(H,41,45)(H,42,47)(H,43,46)(H4,38,39,40)/t24-,25-,29+/m0/s1. The molecule has 4 aromatic rings. The molecule has 16 heteroatoms. The fraction of sp³-hybridized carbons (Fsp3) is 0.324. The number of amides is 4. The highest BCUT2D eigenvalue weighted by Crippen LogP contribution is 2.30. The van der Waals surface area contributed by atoms with Crippen molar-refractivity contribution < 1.29 is 23.9 Å². The summed E-state index contributed by atoms with van der Waals surface area (Å²) in [6.45, 7) is 0.932. The van der Waals surface area contributed by atoms with Gasteiger partial charge in [-0.3, -0.25) is 24.2 Å². The Kier molecular flexibility index (Phi) is 14.4. The average Bonchev–Trinajstić information content (AvgIpc) is 3.71. The summed E-state index contributed by atoms with van der Waals surface area (Å²) in [5.74, 6) is -1.95. The van der Waals surface area contributed by atoms with Gasteiger partial charge in [0.15, 0.2) is 5.96 Å². The first-order valence-corrected chi connectivity index (χ1v) is 18.0. The molecule has 266 valence electrons. The number of hydrogen-bond donors (Lipinski definition) is 7. The third-order valence-corrected chi connectivity index (χ3v) is 9.96. The van der Waals surface area contributed by atoms with Gasteiger partial charge in [-0.2, -0.15) is 0 Å². The first-order chi connectivity index (χ1) is 24.0. The Hall–Kier alpha value is -4.70. The molecule has 2 heterocycles. The number of fused-ring (bicyclic) bond motifs is 1. The lowest BCUT2D eigenvalue weighted by Gasteiger charge is -2.25. The van der Waals surface area contributed by atoms with Crippen LogP contribution in [0.25, 0.3) is 9.40 Å². The van der Waals surface area contributed by atoms with E-state index in [9.17, 15) is 19.2 Å². The Morgan fingerprint density at radius 3 is 2.16 bits per heavy atom. The van der Waals surface area contributed by atoms with Gasteiger partial charge in [-0.05, 0) is 91.6 Å². The highest BCUT2D eigenvalue weighted by atomic mass is 35.5. The topological polar surface area (TPSA) is 230 Å². The SMILES string of the molecule is NCCCC[C@H](NC(=O)[C@H](CCCN=C(N)N)NC(=O)c1cc2sccc2s1)C(=O)N[C@@H](C(N)=O)c1ccc(OCc2ccc(Cl)cc2)cc1. The van der Waals surface area contributed by atoms with Crippen molar-refractivity contribution in [2.24, 2.45) is 27.9 Å². The minimum Gasteiger partial charge on any atom is -0.489 e. The van der Waals surface area contributed by atoms with Gasteiger partial charge >= 0.3 is 0 Å². The molecule has 0 radical (unpaired) electrons. The number of ether oxygens (including phenoxy) is 1. The summed E-state index contributed by atoms with van der Waals surface area (Å²) in [6.07, 6.45) is 1.92. The zero-order valence-electron chi connectivity index (χ0n) is 27.2. The van der Waals surface area contributed by atoms with E-state index in [2.05, 4.69) is 20.9 Å². The van der Waals surface area contributed by atoms with E-state index in [-0.39, 0.29) is 25.3 Å². The molecule has 50 heavy (non-hydrogen) atoms. The molecular formula is C34H41ClN8O5S2. The normalized spacial score (nSPS) is 12.8. The molecule has 0 aliphatic rings. The van der Waals surface area contributed by atoms with Crippen LogP contribution in [0.2, 0.25) is 5.02 Å². The number of rotatable bonds is 19. The lowest BCUT2D eigenvalue weighted by Crippen LogP contribution is -2.54. The molecular weight excluding hydrogens is 700 g/mol. The Bertz CT molecular complexity index is 1750. The number of unbranched alkanes of at least 4 members (excludes halogenated alkanes) is 1. The summed E-state index contributed by atoms with van der Waals surface area (Å²) < 4.78 is 7.76. The van der Waals surface area contributed by atoms with E-state index in [1.807, 2.05) is 23.6 Å². The zero-order chi connectivity index (χ0) is 36.0. The molecule has 2 aromatic carbocycles. The van der Waals surface area contributed by atoms with E-state index in [0.29, 0.717) is 53.6 Å². The first kappa shape index (κ1) is 38.1. The van der Waals surface area contributed by atoms with Crippen LogP contribution in [0.4, 0.5) is 0 Å². The molecule has 0 saturated carbocycles. The van der Waals surface area contributed by atoms with E-state index >= 15 is 0 Å². The Balaban J connectivity index is 1.45. The number of nitrogens with one attached hydrogen (secondary N) is 3. The first-order valence-electron chi connectivity index (χ1n) is 15.9. The van der Waals surface area contributed by atoms with Crippen LogP contribution in [0.1, 0.15) is 58.9 Å². The van der Waals surface area contributed by atoms with Crippen molar-refractivity contribution in [1.29, 1.82) is 0 Å². The van der Waals surface area contributed by atoms with Gasteiger partial charge in [0.1, 0.15) is 30.5 Å². The summed E-state index contributed by atoms with van der Waals surface area (Å²) in [6, 6.07) is 14.3. The van der Waals surface area contributed by atoms with Gasteiger partial charge in [0.2, 0.25) is 17.7 Å². The number of nitrogens with two attached hydrogens (primary N) is 4. The fourth-order valence-electron chi connectivity index (χ4n) is 4.98. The summed E-state index contributed by atoms with van der Waals surface area (Å²) in [5, 5.41) is 10.8. The molecule has 0 aliphatic heterocycles. The minimum absolute atomic E-state index is 0.0885. The van der Waals surface area contributed by atoms with E-state index in [1.54, 1.807) is 42.5 Å². The number of thiophene rings is 2. The van der Waals surface area contributed by atoms with Gasteiger partial charge in [0.05, 0.1) is 4.88 Å². The molecule has 13 nitrogen and oxygen atoms in total. The van der Waals surface area contributed by atoms with Gasteiger partial charge in [-0.1, -0.05) is 35.9 Å². The molecule has 4 amide bonds. The van der Waals surface area contributed by atoms with Gasteiger partial charge in [-0.25, -0.2) is 0 Å². The number of hydrogen-bond acceptors (Lipinski definition) is 9. The van der Waals surface area contributed by atoms with Crippen LogP contribution in [0, 0.1) is 0 Å². The summed E-state index contributed by atoms with van der Waals surface area (Å²) in [4.78, 5) is 57.5. The molecule has 3 atom stereocenters. The number of carbonyl (C=O) groups is 4. The largest absolute Gasteiger partial charge is 0.489 e. The van der Waals surface area contributed by atoms with Gasteiger partial charge in [0, 0.05) is 21.0 Å². The molecule has 0 bridgehead atoms. The molecule has 0 aliphatic carbocycles. The van der Waals surface area contributed by atoms with Crippen molar-refractivity contribution in [1.82, 2.24) is 16.0 Å². The maximum Gasteiger partial charge on any atom is 0.262 e. The molecule has 0 spiro atoms. The van der Waals surface area contributed by atoms with E-state index in [4.69, 9.17) is 39.3 Å². The second kappa shape index (κ2) is 18.9. The summed E-state index contributed by atoms with van der Waals surface area (Å²) in [7, 11) is 0. The van der Waals surface area contributed by atoms with E-state index in [1.165, 1.54) is 22.7 Å². The monoisotopic (exact) mass is 740 g/mol. The number of halogens is 1. The molecule has 0 saturated heterocycles. The van der Waals surface area contributed by atoms with Crippen LogP contribution in [-0.4, -0.2) is 54.8 Å². The lowest BCUT2D eigenvalue weighted by atomic mass is 10.0. The molecule has 0 fully saturated rings. The highest BCUT2D eigenvalue weighted by Gasteiger charge is 2.30. The molecule has 11 N–H and O–H groups in total. The van der Waals surface area contributed by atoms with Crippen LogP contribution < -0.4 is 43.6 Å². The van der Waals surface area contributed by atoms with Crippen LogP contribution >= 0.6 is 34.3 Å². The van der Waals surface area contributed by atoms with Crippen LogP contribution in [0.5, 0.6) is 5.75 Å². The third kappa shape index (κ3) is 11.4. The average molecular weight is 741 g/mol. The van der Waals surface area contributed by atoms with Gasteiger partial charge in [0.25, 0.3) is 5.91 Å². The highest BCUT2D eigenvalue weighted by molar-refractivity contribution is 7.27. The summed E-state index contributed by atoms with van der Waals surface area (Å²) in [5.41, 5.74) is 23.6. The second-order valence-corrected chi connectivity index (χ2v) is 13.9. The molecule has 4 rings (SSSR count). The maximum absolute atomic E-state index is 13.7. The third-order valence-electron chi connectivity index (χ3n) is 7.61. The maximum atomic E-state index is 13.7. The number of aliphatic imine (C=N–C) groups is 1. The fourth-order valence-corrected chi connectivity index (χ4v) is 7.12. The lowest BCUT2D eigenvalue weighted by molar-refractivity contribution is -0.132. The van der Waals surface area contributed by atoms with Crippen LogP contribution in [0.3, 0.4) is 0 Å². The number of primary amides is 1. The second-order valence-electron chi connectivity index (χ2n) is 11.4. The van der Waals surface area contributed by atoms with Gasteiger partial charge < -0.3 is 43.6 Å². The smallest absolute Gasteiger partial charge is 0.262 e. The number of guanidine groups is 1. The van der Waals surface area contributed by atoms with E-state index < -0.39 is 41.8 Å². The molecule has 0 unspecified atom stereocenters. The van der Waals surface area contributed by atoms with Crippen molar-refractivity contribution in [2.75, 3.05) is 13.1 Å². The number of carbonyl (C=O) groups excluding carboxylic acids is 4. The predicted octanol–water partition coefficient (Wildman–Crippen LogP) is 3.30. The minimum atomic E-state index is -1.19. The Morgan fingerprint density at radius 1 is 0.820 bits per heavy atom. The number of nitrogens with zero attached hydrogens (tertiary/aromatic N) is 1. The van der Waals surface area contributed by atoms with Gasteiger partial charge in [-0.15, -0.1) is 22.7 Å². The van der Waals surface area contributed by atoms with Crippen molar-refractivity contribution in [3.05, 3.63) is 87.1 Å². The van der Waals surface area contributed by atoms with E-state index in [0.717, 1.165) is 15.0 Å². The Morgan fingerprint density at radius 2 is 1.50 bits per heavy atom. The van der Waals surface area contributed by atoms with Crippen molar-refractivity contribution in [3.8, 4) is 5.75 Å². The molecule has 2 aromatic heterocycles. The van der Waals surface area contributed by atoms with Crippen LogP contribution in [-0.2, 0) is 21.0 Å². The quantitative estimate of drug-likeness (QED) is 0.0427. The van der Waals surface area contributed by atoms with Crippen molar-refractivity contribution in [3.63, 3.8) is 0 Å². The zero-order valence-corrected chi connectivity index (χ0v) is 29.6. The number of benzene rings is 2.